The lowest BCUT2D eigenvalue weighted by molar-refractivity contribution is 0.174. The van der Waals surface area contributed by atoms with Gasteiger partial charge in [-0.3, -0.25) is 4.90 Å². The van der Waals surface area contributed by atoms with Gasteiger partial charge in [0, 0.05) is 18.1 Å². The van der Waals surface area contributed by atoms with Crippen LogP contribution in [0.3, 0.4) is 0 Å². The van der Waals surface area contributed by atoms with Gasteiger partial charge in [0.25, 0.3) is 0 Å². The third-order valence-electron chi connectivity index (χ3n) is 3.73. The van der Waals surface area contributed by atoms with E-state index in [9.17, 15) is 0 Å². The first kappa shape index (κ1) is 12.6. The van der Waals surface area contributed by atoms with Crippen molar-refractivity contribution in [3.63, 3.8) is 0 Å². The van der Waals surface area contributed by atoms with Gasteiger partial charge >= 0.3 is 0 Å². The molecule has 1 aliphatic rings. The van der Waals surface area contributed by atoms with Crippen molar-refractivity contribution >= 4 is 0 Å². The van der Waals surface area contributed by atoms with E-state index >= 15 is 0 Å². The van der Waals surface area contributed by atoms with Crippen LogP contribution in [0.2, 0.25) is 0 Å². The van der Waals surface area contributed by atoms with Crippen molar-refractivity contribution in [2.75, 3.05) is 6.54 Å². The van der Waals surface area contributed by atoms with Crippen LogP contribution in [0.5, 0.6) is 0 Å². The summed E-state index contributed by atoms with van der Waals surface area (Å²) in [5.74, 6) is 0. The minimum absolute atomic E-state index is 0.128. The van der Waals surface area contributed by atoms with E-state index in [0.717, 1.165) is 6.04 Å². The highest BCUT2D eigenvalue weighted by molar-refractivity contribution is 5.20. The number of hydrogen-bond acceptors (Lipinski definition) is 2. The third kappa shape index (κ3) is 3.08. The van der Waals surface area contributed by atoms with Crippen LogP contribution < -0.4 is 5.73 Å². The molecule has 1 aromatic rings. The highest BCUT2D eigenvalue weighted by atomic mass is 15.2. The van der Waals surface area contributed by atoms with Crippen LogP contribution in [0.25, 0.3) is 0 Å². The molecular formula is C15H24N2. The Morgan fingerprint density at radius 3 is 2.47 bits per heavy atom. The van der Waals surface area contributed by atoms with E-state index in [0.29, 0.717) is 6.04 Å². The van der Waals surface area contributed by atoms with Crippen LogP contribution in [0.4, 0.5) is 0 Å². The van der Waals surface area contributed by atoms with Gasteiger partial charge in [-0.05, 0) is 38.3 Å². The van der Waals surface area contributed by atoms with Crippen LogP contribution in [0.1, 0.15) is 44.7 Å². The van der Waals surface area contributed by atoms with Gasteiger partial charge in [0.2, 0.25) is 0 Å². The van der Waals surface area contributed by atoms with E-state index in [-0.39, 0.29) is 6.04 Å². The molecule has 0 amide bonds. The van der Waals surface area contributed by atoms with E-state index < -0.39 is 0 Å². The van der Waals surface area contributed by atoms with Gasteiger partial charge < -0.3 is 5.73 Å². The molecule has 0 aliphatic heterocycles. The second-order valence-corrected chi connectivity index (χ2v) is 5.15. The molecule has 0 spiro atoms. The highest BCUT2D eigenvalue weighted by Crippen LogP contribution is 2.31. The van der Waals surface area contributed by atoms with Crippen molar-refractivity contribution < 1.29 is 0 Å². The third-order valence-corrected chi connectivity index (χ3v) is 3.73. The van der Waals surface area contributed by atoms with Crippen LogP contribution in [0.15, 0.2) is 30.3 Å². The second-order valence-electron chi connectivity index (χ2n) is 5.15. The summed E-state index contributed by atoms with van der Waals surface area (Å²) in [4.78, 5) is 2.59. The zero-order valence-electron chi connectivity index (χ0n) is 11.0. The molecule has 2 atom stereocenters. The Kier molecular flexibility index (Phi) is 4.19. The molecular weight excluding hydrogens is 208 g/mol. The zero-order chi connectivity index (χ0) is 12.3. The average molecular weight is 232 g/mol. The average Bonchev–Trinajstić information content (AvgIpc) is 3.19. The van der Waals surface area contributed by atoms with Crippen LogP contribution >= 0.6 is 0 Å². The molecule has 2 nitrogen and oxygen atoms in total. The van der Waals surface area contributed by atoms with Crippen molar-refractivity contribution in [3.8, 4) is 0 Å². The highest BCUT2D eigenvalue weighted by Gasteiger charge is 2.33. The lowest BCUT2D eigenvalue weighted by Gasteiger charge is -2.33. The summed E-state index contributed by atoms with van der Waals surface area (Å²) in [5.41, 5.74) is 7.65. The predicted octanol–water partition coefficient (Wildman–Crippen LogP) is 2.95. The number of rotatable bonds is 6. The summed E-state index contributed by atoms with van der Waals surface area (Å²) < 4.78 is 0. The minimum atomic E-state index is 0.128. The van der Waals surface area contributed by atoms with Gasteiger partial charge in [-0.2, -0.15) is 0 Å². The topological polar surface area (TPSA) is 29.3 Å². The molecule has 2 rings (SSSR count). The molecule has 0 heterocycles. The molecule has 0 aromatic heterocycles. The lowest BCUT2D eigenvalue weighted by atomic mass is 10.00. The smallest absolute Gasteiger partial charge is 0.0450 e. The SMILES string of the molecule is CCCN(C1CC1)C(C)C(N)c1ccccc1. The largest absolute Gasteiger partial charge is 0.323 e. The molecule has 1 saturated carbocycles. The maximum absolute atomic E-state index is 6.39. The molecule has 2 N–H and O–H groups in total. The van der Waals surface area contributed by atoms with Crippen molar-refractivity contribution in [2.24, 2.45) is 5.73 Å². The van der Waals surface area contributed by atoms with E-state index in [1.165, 1.54) is 31.4 Å². The summed E-state index contributed by atoms with van der Waals surface area (Å²) >= 11 is 0. The minimum Gasteiger partial charge on any atom is -0.323 e. The van der Waals surface area contributed by atoms with Crippen LogP contribution in [0, 0.1) is 0 Å². The molecule has 2 heteroatoms. The van der Waals surface area contributed by atoms with Crippen molar-refractivity contribution in [1.82, 2.24) is 4.90 Å². The summed E-state index contributed by atoms with van der Waals surface area (Å²) in [6.45, 7) is 5.69. The number of nitrogens with zero attached hydrogens (tertiary/aromatic N) is 1. The molecule has 2 unspecified atom stereocenters. The van der Waals surface area contributed by atoms with E-state index in [1.54, 1.807) is 0 Å². The van der Waals surface area contributed by atoms with Crippen molar-refractivity contribution in [1.29, 1.82) is 0 Å². The zero-order valence-corrected chi connectivity index (χ0v) is 11.0. The van der Waals surface area contributed by atoms with E-state index in [2.05, 4.69) is 43.0 Å². The quantitative estimate of drug-likeness (QED) is 0.817. The Bertz CT molecular complexity index is 332. The standard InChI is InChI=1S/C15H24N2/c1-3-11-17(14-9-10-14)12(2)15(16)13-7-5-4-6-8-13/h4-8,12,14-15H,3,9-11,16H2,1-2H3. The van der Waals surface area contributed by atoms with Gasteiger partial charge in [0.15, 0.2) is 0 Å². The van der Waals surface area contributed by atoms with Crippen LogP contribution in [-0.2, 0) is 0 Å². The molecule has 0 saturated heterocycles. The van der Waals surface area contributed by atoms with Gasteiger partial charge in [0.05, 0.1) is 0 Å². The Labute approximate surface area is 105 Å². The molecule has 1 aliphatic carbocycles. The maximum Gasteiger partial charge on any atom is 0.0450 e. The Morgan fingerprint density at radius 1 is 1.29 bits per heavy atom. The van der Waals surface area contributed by atoms with Crippen LogP contribution in [-0.4, -0.2) is 23.5 Å². The maximum atomic E-state index is 6.39. The van der Waals surface area contributed by atoms with Gasteiger partial charge in [-0.15, -0.1) is 0 Å². The predicted molar refractivity (Wildman–Crippen MR) is 72.9 cm³/mol. The van der Waals surface area contributed by atoms with Gasteiger partial charge in [-0.1, -0.05) is 37.3 Å². The fraction of sp³-hybridized carbons (Fsp3) is 0.600. The van der Waals surface area contributed by atoms with Crippen molar-refractivity contribution in [3.05, 3.63) is 35.9 Å². The second kappa shape index (κ2) is 5.65. The fourth-order valence-corrected chi connectivity index (χ4v) is 2.54. The summed E-state index contributed by atoms with van der Waals surface area (Å²) in [6, 6.07) is 11.8. The lowest BCUT2D eigenvalue weighted by Crippen LogP contribution is -2.42. The Balaban J connectivity index is 2.04. The summed E-state index contributed by atoms with van der Waals surface area (Å²) in [5, 5.41) is 0. The first-order valence-electron chi connectivity index (χ1n) is 6.80. The Hall–Kier alpha value is -0.860. The van der Waals surface area contributed by atoms with Crippen molar-refractivity contribution in [2.45, 2.75) is 51.2 Å². The molecule has 94 valence electrons. The first-order valence-corrected chi connectivity index (χ1v) is 6.80. The molecule has 1 fully saturated rings. The molecule has 17 heavy (non-hydrogen) atoms. The summed E-state index contributed by atoms with van der Waals surface area (Å²) in [7, 11) is 0. The monoisotopic (exact) mass is 232 g/mol. The fourth-order valence-electron chi connectivity index (χ4n) is 2.54. The number of nitrogens with two attached hydrogens (primary N) is 1. The number of benzene rings is 1. The van der Waals surface area contributed by atoms with E-state index in [1.807, 2.05) is 6.07 Å². The molecule has 0 radical (unpaired) electrons. The first-order chi connectivity index (χ1) is 8.24. The van der Waals surface area contributed by atoms with Gasteiger partial charge in [-0.25, -0.2) is 0 Å². The summed E-state index contributed by atoms with van der Waals surface area (Å²) in [6.07, 6.45) is 3.92. The molecule has 0 bridgehead atoms. The number of hydrogen-bond donors (Lipinski definition) is 1. The molecule has 1 aromatic carbocycles. The normalized spacial score (nSPS) is 19.3. The Morgan fingerprint density at radius 2 is 1.94 bits per heavy atom. The van der Waals surface area contributed by atoms with E-state index in [4.69, 9.17) is 5.73 Å². The van der Waals surface area contributed by atoms with Gasteiger partial charge in [0.1, 0.15) is 0 Å².